The Balaban J connectivity index is 1.66. The van der Waals surface area contributed by atoms with Crippen LogP contribution in [0, 0.1) is 5.92 Å². The lowest BCUT2D eigenvalue weighted by molar-refractivity contribution is -0.126. The molecule has 136 valence electrons. The van der Waals surface area contributed by atoms with Gasteiger partial charge in [-0.05, 0) is 57.9 Å². The molecule has 3 amide bonds. The van der Waals surface area contributed by atoms with Crippen LogP contribution in [0.5, 0.6) is 5.75 Å². The number of nitrogens with one attached hydrogen (secondary N) is 2. The van der Waals surface area contributed by atoms with Gasteiger partial charge in [0.25, 0.3) is 5.91 Å². The average molecular weight is 345 g/mol. The second-order valence-corrected chi connectivity index (χ2v) is 7.50. The lowest BCUT2D eigenvalue weighted by Crippen LogP contribution is -2.55. The van der Waals surface area contributed by atoms with Crippen molar-refractivity contribution in [3.8, 4) is 5.75 Å². The second-order valence-electron chi connectivity index (χ2n) is 7.50. The number of hydrogen-bond acceptors (Lipinski definition) is 4. The van der Waals surface area contributed by atoms with Crippen LogP contribution in [0.15, 0.2) is 24.3 Å². The van der Waals surface area contributed by atoms with Crippen molar-refractivity contribution < 1.29 is 14.3 Å². The first kappa shape index (κ1) is 17.7. The van der Waals surface area contributed by atoms with Gasteiger partial charge in [-0.1, -0.05) is 12.1 Å². The van der Waals surface area contributed by atoms with Crippen LogP contribution >= 0.6 is 0 Å². The highest BCUT2D eigenvalue weighted by Crippen LogP contribution is 2.30. The van der Waals surface area contributed by atoms with Gasteiger partial charge in [0.2, 0.25) is 0 Å². The summed E-state index contributed by atoms with van der Waals surface area (Å²) in [4.78, 5) is 26.1. The summed E-state index contributed by atoms with van der Waals surface area (Å²) in [6, 6.07) is 7.78. The first-order valence-corrected chi connectivity index (χ1v) is 8.98. The van der Waals surface area contributed by atoms with E-state index in [0.717, 1.165) is 38.2 Å². The van der Waals surface area contributed by atoms with Crippen LogP contribution in [0.1, 0.15) is 39.2 Å². The molecule has 6 heteroatoms. The van der Waals surface area contributed by atoms with Gasteiger partial charge in [0, 0.05) is 19.0 Å². The number of hydrogen-bond donors (Lipinski definition) is 2. The number of rotatable bonds is 5. The van der Waals surface area contributed by atoms with Crippen LogP contribution in [-0.4, -0.2) is 41.6 Å². The number of benzene rings is 1. The molecule has 0 saturated carbocycles. The van der Waals surface area contributed by atoms with E-state index in [0.29, 0.717) is 0 Å². The summed E-state index contributed by atoms with van der Waals surface area (Å²) in [7, 11) is 0. The Morgan fingerprint density at radius 3 is 2.84 bits per heavy atom. The van der Waals surface area contributed by atoms with Gasteiger partial charge in [-0.25, -0.2) is 4.79 Å². The third-order valence-electron chi connectivity index (χ3n) is 5.07. The molecule has 6 nitrogen and oxygen atoms in total. The molecule has 25 heavy (non-hydrogen) atoms. The van der Waals surface area contributed by atoms with E-state index in [9.17, 15) is 9.59 Å². The van der Waals surface area contributed by atoms with Gasteiger partial charge in [0.15, 0.2) is 0 Å². The van der Waals surface area contributed by atoms with E-state index >= 15 is 0 Å². The van der Waals surface area contributed by atoms with E-state index in [2.05, 4.69) is 27.7 Å². The predicted octanol–water partition coefficient (Wildman–Crippen LogP) is 2.28. The number of carbonyl (C=O) groups excluding carboxylic acids is 2. The number of amides is 3. The third kappa shape index (κ3) is 3.95. The standard InChI is InChI=1S/C19H27N3O3/c1-13(2)25-16-8-4-6-14(10-16)11-22-9-5-7-15(12-22)19(3)17(23)20-18(24)21-19/h4,6,8,10,13,15H,5,7,9,11-12H2,1-3H3,(H2,20,21,23,24)/t15-,19-/m0/s1. The molecule has 0 aliphatic carbocycles. The molecule has 2 aliphatic rings. The zero-order valence-electron chi connectivity index (χ0n) is 15.2. The van der Waals surface area contributed by atoms with Crippen LogP contribution in [0.2, 0.25) is 0 Å². The number of ether oxygens (including phenoxy) is 1. The number of carbonyl (C=O) groups is 2. The van der Waals surface area contributed by atoms with E-state index in [1.807, 2.05) is 32.9 Å². The Bertz CT molecular complexity index is 661. The molecule has 3 rings (SSSR count). The topological polar surface area (TPSA) is 70.7 Å². The number of piperidine rings is 1. The number of nitrogens with zero attached hydrogens (tertiary/aromatic N) is 1. The Morgan fingerprint density at radius 1 is 1.36 bits per heavy atom. The highest BCUT2D eigenvalue weighted by molar-refractivity contribution is 6.06. The van der Waals surface area contributed by atoms with Crippen molar-refractivity contribution in [2.24, 2.45) is 5.92 Å². The monoisotopic (exact) mass is 345 g/mol. The highest BCUT2D eigenvalue weighted by Gasteiger charge is 2.48. The Hall–Kier alpha value is -2.08. The lowest BCUT2D eigenvalue weighted by atomic mass is 9.80. The van der Waals surface area contributed by atoms with Crippen LogP contribution in [0.3, 0.4) is 0 Å². The minimum atomic E-state index is -0.807. The molecule has 1 aromatic carbocycles. The molecule has 0 aromatic heterocycles. The maximum Gasteiger partial charge on any atom is 0.322 e. The van der Waals surface area contributed by atoms with Gasteiger partial charge >= 0.3 is 6.03 Å². The minimum Gasteiger partial charge on any atom is -0.491 e. The molecule has 2 heterocycles. The van der Waals surface area contributed by atoms with Crippen molar-refractivity contribution in [1.29, 1.82) is 0 Å². The van der Waals surface area contributed by atoms with E-state index in [-0.39, 0.29) is 24.0 Å². The molecule has 2 fully saturated rings. The molecular weight excluding hydrogens is 318 g/mol. The Morgan fingerprint density at radius 2 is 2.16 bits per heavy atom. The van der Waals surface area contributed by atoms with Crippen LogP contribution < -0.4 is 15.4 Å². The molecular formula is C19H27N3O3. The van der Waals surface area contributed by atoms with E-state index < -0.39 is 5.54 Å². The van der Waals surface area contributed by atoms with Crippen LogP contribution in [0.25, 0.3) is 0 Å². The molecule has 2 N–H and O–H groups in total. The number of likely N-dealkylation sites (tertiary alicyclic amines) is 1. The molecule has 1 aromatic rings. The van der Waals surface area contributed by atoms with E-state index in [1.54, 1.807) is 0 Å². The smallest absolute Gasteiger partial charge is 0.322 e. The molecule has 2 atom stereocenters. The van der Waals surface area contributed by atoms with Crippen molar-refractivity contribution in [3.63, 3.8) is 0 Å². The van der Waals surface area contributed by atoms with Crippen molar-refractivity contribution >= 4 is 11.9 Å². The van der Waals surface area contributed by atoms with Crippen LogP contribution in [-0.2, 0) is 11.3 Å². The van der Waals surface area contributed by atoms with Gasteiger partial charge in [-0.15, -0.1) is 0 Å². The Labute approximate surface area is 148 Å². The summed E-state index contributed by atoms with van der Waals surface area (Å²) >= 11 is 0. The zero-order valence-corrected chi connectivity index (χ0v) is 15.2. The van der Waals surface area contributed by atoms with Gasteiger partial charge in [0.05, 0.1) is 6.10 Å². The molecule has 0 bridgehead atoms. The van der Waals surface area contributed by atoms with Crippen molar-refractivity contribution in [1.82, 2.24) is 15.5 Å². The average Bonchev–Trinajstić information content (AvgIpc) is 2.81. The highest BCUT2D eigenvalue weighted by atomic mass is 16.5. The van der Waals surface area contributed by atoms with Crippen molar-refractivity contribution in [2.75, 3.05) is 13.1 Å². The lowest BCUT2D eigenvalue weighted by Gasteiger charge is -2.39. The number of urea groups is 1. The summed E-state index contributed by atoms with van der Waals surface area (Å²) in [5, 5.41) is 5.19. The third-order valence-corrected chi connectivity index (χ3v) is 5.07. The largest absolute Gasteiger partial charge is 0.491 e. The maximum atomic E-state index is 12.2. The molecule has 0 radical (unpaired) electrons. The predicted molar refractivity (Wildman–Crippen MR) is 95.3 cm³/mol. The normalized spacial score (nSPS) is 27.3. The fraction of sp³-hybridized carbons (Fsp3) is 0.579. The second kappa shape index (κ2) is 7.04. The van der Waals surface area contributed by atoms with Crippen molar-refractivity contribution in [3.05, 3.63) is 29.8 Å². The summed E-state index contributed by atoms with van der Waals surface area (Å²) in [6.07, 6.45) is 2.11. The van der Waals surface area contributed by atoms with Gasteiger partial charge in [-0.2, -0.15) is 0 Å². The Kier molecular flexibility index (Phi) is 4.99. The van der Waals surface area contributed by atoms with Gasteiger partial charge in [0.1, 0.15) is 11.3 Å². The van der Waals surface area contributed by atoms with E-state index in [1.165, 1.54) is 5.56 Å². The minimum absolute atomic E-state index is 0.114. The number of imide groups is 1. The van der Waals surface area contributed by atoms with Crippen molar-refractivity contribution in [2.45, 2.75) is 51.8 Å². The molecule has 2 saturated heterocycles. The summed E-state index contributed by atoms with van der Waals surface area (Å²) < 4.78 is 5.77. The zero-order chi connectivity index (χ0) is 18.0. The quantitative estimate of drug-likeness (QED) is 0.803. The fourth-order valence-electron chi connectivity index (χ4n) is 3.76. The maximum absolute atomic E-state index is 12.2. The van der Waals surface area contributed by atoms with Gasteiger partial charge in [-0.3, -0.25) is 15.0 Å². The van der Waals surface area contributed by atoms with E-state index in [4.69, 9.17) is 4.74 Å². The van der Waals surface area contributed by atoms with Gasteiger partial charge < -0.3 is 10.1 Å². The SMILES string of the molecule is CC(C)Oc1cccc(CN2CCC[C@H]([C@]3(C)NC(=O)NC3=O)C2)c1. The van der Waals surface area contributed by atoms with Crippen LogP contribution in [0.4, 0.5) is 4.79 Å². The molecule has 0 spiro atoms. The summed E-state index contributed by atoms with van der Waals surface area (Å²) in [6.45, 7) is 8.47. The molecule has 0 unspecified atom stereocenters. The summed E-state index contributed by atoms with van der Waals surface area (Å²) in [5.74, 6) is 0.787. The first-order chi connectivity index (χ1) is 11.9. The summed E-state index contributed by atoms with van der Waals surface area (Å²) in [5.41, 5.74) is 0.391. The first-order valence-electron chi connectivity index (χ1n) is 8.98. The molecule has 2 aliphatic heterocycles. The fourth-order valence-corrected chi connectivity index (χ4v) is 3.76.